The molecule has 0 fully saturated rings. The minimum absolute atomic E-state index is 0.287. The van der Waals surface area contributed by atoms with Gasteiger partial charge in [-0.25, -0.2) is 0 Å². The molecule has 94 valence electrons. The van der Waals surface area contributed by atoms with Gasteiger partial charge in [-0.3, -0.25) is 0 Å². The van der Waals surface area contributed by atoms with Crippen LogP contribution in [0.3, 0.4) is 0 Å². The zero-order chi connectivity index (χ0) is 13.3. The van der Waals surface area contributed by atoms with E-state index >= 15 is 0 Å². The van der Waals surface area contributed by atoms with E-state index in [2.05, 4.69) is 26.0 Å². The van der Waals surface area contributed by atoms with Crippen molar-refractivity contribution in [1.29, 1.82) is 0 Å². The second-order valence-corrected chi connectivity index (χ2v) is 5.74. The lowest BCUT2D eigenvalue weighted by Crippen LogP contribution is -2.20. The summed E-state index contributed by atoms with van der Waals surface area (Å²) in [5, 5.41) is 10.8. The molecule has 0 unspecified atom stereocenters. The molecule has 0 bridgehead atoms. The summed E-state index contributed by atoms with van der Waals surface area (Å²) in [7, 11) is 0. The molecule has 2 rings (SSSR count). The number of benzene rings is 1. The van der Waals surface area contributed by atoms with E-state index in [1.807, 2.05) is 19.1 Å². The highest BCUT2D eigenvalue weighted by atomic mass is 32.1. The highest BCUT2D eigenvalue weighted by Crippen LogP contribution is 2.32. The minimum atomic E-state index is -1.10. The first-order chi connectivity index (χ1) is 8.49. The van der Waals surface area contributed by atoms with Gasteiger partial charge in [0.05, 0.1) is 10.8 Å². The van der Waals surface area contributed by atoms with Gasteiger partial charge in [-0.05, 0) is 35.6 Å². The molecule has 0 aliphatic heterocycles. The summed E-state index contributed by atoms with van der Waals surface area (Å²) in [6, 6.07) is 9.96. The fourth-order valence-electron chi connectivity index (χ4n) is 1.89. The van der Waals surface area contributed by atoms with E-state index in [1.54, 1.807) is 6.07 Å². The average molecular weight is 259 g/mol. The number of hydrogen-bond donors (Lipinski definition) is 0. The van der Waals surface area contributed by atoms with Gasteiger partial charge in [-0.15, -0.1) is 11.3 Å². The molecule has 0 spiro atoms. The summed E-state index contributed by atoms with van der Waals surface area (Å²) in [5.41, 5.74) is 3.33. The van der Waals surface area contributed by atoms with Crippen molar-refractivity contribution in [3.63, 3.8) is 0 Å². The molecule has 0 saturated carbocycles. The van der Waals surface area contributed by atoms with Crippen LogP contribution in [0, 0.1) is 6.92 Å². The van der Waals surface area contributed by atoms with E-state index in [0.717, 1.165) is 16.0 Å². The Morgan fingerprint density at radius 2 is 1.83 bits per heavy atom. The van der Waals surface area contributed by atoms with Crippen molar-refractivity contribution in [2.24, 2.45) is 0 Å². The van der Waals surface area contributed by atoms with Crippen LogP contribution in [0.2, 0.25) is 0 Å². The van der Waals surface area contributed by atoms with Crippen LogP contribution < -0.4 is 5.11 Å². The molecule has 0 N–H and O–H groups in total. The minimum Gasteiger partial charge on any atom is -0.544 e. The Morgan fingerprint density at radius 3 is 2.28 bits per heavy atom. The number of carboxylic acids is 1. The number of carbonyl (C=O) groups is 1. The third-order valence-electron chi connectivity index (χ3n) is 2.96. The van der Waals surface area contributed by atoms with E-state index in [1.165, 1.54) is 16.9 Å². The molecule has 0 saturated heterocycles. The standard InChI is InChI=1S/C15H16O2S/c1-9(2)11-4-6-12(7-5-11)14-10(3)8-13(18-14)15(16)17/h4-9H,1-3H3,(H,16,17)/p-1. The van der Waals surface area contributed by atoms with Gasteiger partial charge in [0.1, 0.15) is 0 Å². The molecule has 0 aliphatic rings. The lowest BCUT2D eigenvalue weighted by atomic mass is 10.0. The lowest BCUT2D eigenvalue weighted by molar-refractivity contribution is -0.254. The van der Waals surface area contributed by atoms with Crippen molar-refractivity contribution in [2.75, 3.05) is 0 Å². The SMILES string of the molecule is Cc1cc(C(=O)[O-])sc1-c1ccc(C(C)C)cc1. The maximum atomic E-state index is 10.8. The van der Waals surface area contributed by atoms with Crippen molar-refractivity contribution in [3.8, 4) is 10.4 Å². The first kappa shape index (κ1) is 12.8. The van der Waals surface area contributed by atoms with Gasteiger partial charge in [-0.2, -0.15) is 0 Å². The van der Waals surface area contributed by atoms with Crippen LogP contribution in [0.4, 0.5) is 0 Å². The molecule has 2 aromatic rings. The normalized spacial score (nSPS) is 10.9. The predicted molar refractivity (Wildman–Crippen MR) is 72.9 cm³/mol. The molecule has 3 heteroatoms. The van der Waals surface area contributed by atoms with Crippen LogP contribution in [0.15, 0.2) is 30.3 Å². The van der Waals surface area contributed by atoms with Crippen molar-refractivity contribution in [2.45, 2.75) is 26.7 Å². The van der Waals surface area contributed by atoms with Crippen molar-refractivity contribution < 1.29 is 9.90 Å². The third kappa shape index (κ3) is 2.46. The Hall–Kier alpha value is -1.61. The van der Waals surface area contributed by atoms with Gasteiger partial charge in [0, 0.05) is 4.88 Å². The van der Waals surface area contributed by atoms with Crippen LogP contribution in [0.5, 0.6) is 0 Å². The average Bonchev–Trinajstić information content (AvgIpc) is 2.71. The van der Waals surface area contributed by atoms with Gasteiger partial charge in [0.25, 0.3) is 0 Å². The van der Waals surface area contributed by atoms with E-state index < -0.39 is 5.97 Å². The fourth-order valence-corrected chi connectivity index (χ4v) is 2.90. The largest absolute Gasteiger partial charge is 0.544 e. The molecule has 1 heterocycles. The Bertz CT molecular complexity index is 565. The predicted octanol–water partition coefficient (Wildman–Crippen LogP) is 3.21. The summed E-state index contributed by atoms with van der Waals surface area (Å²) in [5.74, 6) is -0.601. The number of carbonyl (C=O) groups excluding carboxylic acids is 1. The van der Waals surface area contributed by atoms with Crippen LogP contribution in [-0.4, -0.2) is 5.97 Å². The van der Waals surface area contributed by atoms with Gasteiger partial charge >= 0.3 is 0 Å². The zero-order valence-corrected chi connectivity index (χ0v) is 11.5. The quantitative estimate of drug-likeness (QED) is 0.849. The highest BCUT2D eigenvalue weighted by molar-refractivity contribution is 7.17. The molecule has 18 heavy (non-hydrogen) atoms. The zero-order valence-electron chi connectivity index (χ0n) is 10.7. The van der Waals surface area contributed by atoms with Crippen LogP contribution in [0.1, 0.15) is 40.6 Å². The molecule has 0 radical (unpaired) electrons. The maximum Gasteiger partial charge on any atom is 0.0815 e. The van der Waals surface area contributed by atoms with E-state index in [9.17, 15) is 9.90 Å². The molecule has 0 amide bonds. The Balaban J connectivity index is 2.39. The van der Waals surface area contributed by atoms with Gasteiger partial charge in [0.2, 0.25) is 0 Å². The number of aromatic carboxylic acids is 1. The second kappa shape index (κ2) is 4.94. The third-order valence-corrected chi connectivity index (χ3v) is 4.22. The summed E-state index contributed by atoms with van der Waals surface area (Å²) in [6.07, 6.45) is 0. The first-order valence-electron chi connectivity index (χ1n) is 5.91. The fraction of sp³-hybridized carbons (Fsp3) is 0.267. The van der Waals surface area contributed by atoms with E-state index in [0.29, 0.717) is 5.92 Å². The summed E-state index contributed by atoms with van der Waals surface area (Å²) >= 11 is 1.27. The van der Waals surface area contributed by atoms with Gasteiger partial charge < -0.3 is 9.90 Å². The highest BCUT2D eigenvalue weighted by Gasteiger charge is 2.09. The Labute approximate surface area is 111 Å². The number of hydrogen-bond acceptors (Lipinski definition) is 3. The van der Waals surface area contributed by atoms with Crippen molar-refractivity contribution >= 4 is 17.3 Å². The van der Waals surface area contributed by atoms with Crippen LogP contribution >= 0.6 is 11.3 Å². The molecule has 0 atom stereocenters. The smallest absolute Gasteiger partial charge is 0.0815 e. The number of carboxylic acid groups (broad SMARTS) is 1. The number of aryl methyl sites for hydroxylation is 1. The van der Waals surface area contributed by atoms with E-state index in [-0.39, 0.29) is 4.88 Å². The van der Waals surface area contributed by atoms with Crippen LogP contribution in [0.25, 0.3) is 10.4 Å². The van der Waals surface area contributed by atoms with Gasteiger partial charge in [-0.1, -0.05) is 38.1 Å². The van der Waals surface area contributed by atoms with Gasteiger partial charge in [0.15, 0.2) is 0 Å². The van der Waals surface area contributed by atoms with Crippen molar-refractivity contribution in [1.82, 2.24) is 0 Å². The molecule has 1 aromatic carbocycles. The molecule has 2 nitrogen and oxygen atoms in total. The molecule has 0 aliphatic carbocycles. The molecular weight excluding hydrogens is 244 g/mol. The molecule has 1 aromatic heterocycles. The first-order valence-corrected chi connectivity index (χ1v) is 6.73. The second-order valence-electron chi connectivity index (χ2n) is 4.69. The topological polar surface area (TPSA) is 40.1 Å². The molecular formula is C15H15O2S-. The van der Waals surface area contributed by atoms with Crippen molar-refractivity contribution in [3.05, 3.63) is 46.3 Å². The maximum absolute atomic E-state index is 10.8. The Morgan fingerprint density at radius 1 is 1.22 bits per heavy atom. The van der Waals surface area contributed by atoms with Crippen LogP contribution in [-0.2, 0) is 0 Å². The summed E-state index contributed by atoms with van der Waals surface area (Å²) in [6.45, 7) is 6.23. The summed E-state index contributed by atoms with van der Waals surface area (Å²) in [4.78, 5) is 12.1. The lowest BCUT2D eigenvalue weighted by Gasteiger charge is -2.06. The Kier molecular flexibility index (Phi) is 3.53. The van der Waals surface area contributed by atoms with E-state index in [4.69, 9.17) is 0 Å². The monoisotopic (exact) mass is 259 g/mol. The number of thiophene rings is 1. The summed E-state index contributed by atoms with van der Waals surface area (Å²) < 4.78 is 0. The number of rotatable bonds is 3.